The van der Waals surface area contributed by atoms with Gasteiger partial charge in [-0.25, -0.2) is 0 Å². The molecule has 23 heavy (non-hydrogen) atoms. The van der Waals surface area contributed by atoms with Crippen molar-refractivity contribution in [3.05, 3.63) is 81.3 Å². The van der Waals surface area contributed by atoms with Gasteiger partial charge in [-0.15, -0.1) is 17.9 Å². The van der Waals surface area contributed by atoms with Gasteiger partial charge in [-0.1, -0.05) is 30.3 Å². The van der Waals surface area contributed by atoms with E-state index in [4.69, 9.17) is 0 Å². The molecular formula is C18H16N2O2S. The van der Waals surface area contributed by atoms with Gasteiger partial charge in [0.05, 0.1) is 12.1 Å². The summed E-state index contributed by atoms with van der Waals surface area (Å²) in [6.45, 7) is 4.66. The molecule has 116 valence electrons. The van der Waals surface area contributed by atoms with Crippen LogP contribution in [-0.2, 0) is 6.54 Å². The van der Waals surface area contributed by atoms with E-state index in [2.05, 4.69) is 11.6 Å². The number of nitrogens with one attached hydrogen (secondary N) is 1. The minimum absolute atomic E-state index is 0.166. The minimum Gasteiger partial charge on any atom is -0.330 e. The quantitative estimate of drug-likeness (QED) is 0.731. The molecule has 1 N–H and O–H groups in total. The SMILES string of the molecule is C=CCN(Cc1cccs1)C(=O)c1cc(=O)[nH]c2ccccc12. The van der Waals surface area contributed by atoms with Crippen LogP contribution in [0.1, 0.15) is 15.2 Å². The van der Waals surface area contributed by atoms with E-state index >= 15 is 0 Å². The van der Waals surface area contributed by atoms with Gasteiger partial charge in [0.25, 0.3) is 5.91 Å². The van der Waals surface area contributed by atoms with E-state index in [0.29, 0.717) is 24.2 Å². The van der Waals surface area contributed by atoms with Gasteiger partial charge in [-0.2, -0.15) is 0 Å². The molecule has 0 aliphatic rings. The van der Waals surface area contributed by atoms with Gasteiger partial charge in [0.2, 0.25) is 5.56 Å². The van der Waals surface area contributed by atoms with E-state index in [1.807, 2.05) is 35.7 Å². The van der Waals surface area contributed by atoms with E-state index in [9.17, 15) is 9.59 Å². The van der Waals surface area contributed by atoms with Crippen LogP contribution in [0.3, 0.4) is 0 Å². The first-order valence-corrected chi connectivity index (χ1v) is 8.11. The maximum atomic E-state index is 13.0. The predicted molar refractivity (Wildman–Crippen MR) is 93.8 cm³/mol. The first-order chi connectivity index (χ1) is 11.2. The second-order valence-electron chi connectivity index (χ2n) is 5.15. The van der Waals surface area contributed by atoms with Crippen molar-refractivity contribution < 1.29 is 4.79 Å². The second-order valence-corrected chi connectivity index (χ2v) is 6.18. The number of fused-ring (bicyclic) bond motifs is 1. The first-order valence-electron chi connectivity index (χ1n) is 7.23. The number of hydrogen-bond donors (Lipinski definition) is 1. The van der Waals surface area contributed by atoms with Crippen molar-refractivity contribution in [1.82, 2.24) is 9.88 Å². The molecule has 0 fully saturated rings. The van der Waals surface area contributed by atoms with Crippen LogP contribution in [0.4, 0.5) is 0 Å². The van der Waals surface area contributed by atoms with Crippen LogP contribution >= 0.6 is 11.3 Å². The Morgan fingerprint density at radius 1 is 1.26 bits per heavy atom. The lowest BCUT2D eigenvalue weighted by Crippen LogP contribution is -2.31. The largest absolute Gasteiger partial charge is 0.330 e. The zero-order valence-electron chi connectivity index (χ0n) is 12.5. The molecular weight excluding hydrogens is 308 g/mol. The lowest BCUT2D eigenvalue weighted by molar-refractivity contribution is 0.0766. The molecule has 3 aromatic rings. The highest BCUT2D eigenvalue weighted by molar-refractivity contribution is 7.09. The number of carbonyl (C=O) groups is 1. The highest BCUT2D eigenvalue weighted by Gasteiger charge is 2.18. The molecule has 3 rings (SSSR count). The number of carbonyl (C=O) groups excluding carboxylic acids is 1. The summed E-state index contributed by atoms with van der Waals surface area (Å²) in [7, 11) is 0. The van der Waals surface area contributed by atoms with Crippen LogP contribution in [0.2, 0.25) is 0 Å². The predicted octanol–water partition coefficient (Wildman–Crippen LogP) is 3.42. The molecule has 0 aliphatic heterocycles. The third kappa shape index (κ3) is 3.24. The standard InChI is InChI=1S/C18H16N2O2S/c1-2-9-20(12-13-6-5-10-23-13)18(22)15-11-17(21)19-16-8-4-3-7-14(15)16/h2-8,10-11H,1,9,12H2,(H,19,21). The van der Waals surface area contributed by atoms with Crippen molar-refractivity contribution in [2.45, 2.75) is 6.54 Å². The Labute approximate surface area is 137 Å². The number of hydrogen-bond acceptors (Lipinski definition) is 3. The fraction of sp³-hybridized carbons (Fsp3) is 0.111. The van der Waals surface area contributed by atoms with Crippen LogP contribution in [0.5, 0.6) is 0 Å². The molecule has 0 unspecified atom stereocenters. The molecule has 1 amide bonds. The van der Waals surface area contributed by atoms with Crippen molar-refractivity contribution in [3.8, 4) is 0 Å². The molecule has 2 heterocycles. The van der Waals surface area contributed by atoms with Crippen LogP contribution in [0, 0.1) is 0 Å². The summed E-state index contributed by atoms with van der Waals surface area (Å²) < 4.78 is 0. The number of thiophene rings is 1. The Hall–Kier alpha value is -2.66. The Bertz CT molecular complexity index is 897. The molecule has 0 bridgehead atoms. The van der Waals surface area contributed by atoms with E-state index in [-0.39, 0.29) is 11.5 Å². The topological polar surface area (TPSA) is 53.2 Å². The van der Waals surface area contributed by atoms with E-state index in [1.54, 1.807) is 28.4 Å². The molecule has 0 radical (unpaired) electrons. The van der Waals surface area contributed by atoms with Gasteiger partial charge in [-0.05, 0) is 17.5 Å². The molecule has 0 saturated carbocycles. The number of amides is 1. The third-order valence-electron chi connectivity index (χ3n) is 3.54. The molecule has 2 aromatic heterocycles. The van der Waals surface area contributed by atoms with Crippen molar-refractivity contribution in [2.24, 2.45) is 0 Å². The lowest BCUT2D eigenvalue weighted by atomic mass is 10.1. The van der Waals surface area contributed by atoms with Crippen LogP contribution in [0.15, 0.2) is 65.3 Å². The zero-order valence-corrected chi connectivity index (χ0v) is 13.3. The average molecular weight is 324 g/mol. The number of nitrogens with zero attached hydrogens (tertiary/aromatic N) is 1. The van der Waals surface area contributed by atoms with Crippen molar-refractivity contribution in [1.29, 1.82) is 0 Å². The van der Waals surface area contributed by atoms with Crippen LogP contribution < -0.4 is 5.56 Å². The van der Waals surface area contributed by atoms with E-state index < -0.39 is 0 Å². The summed E-state index contributed by atoms with van der Waals surface area (Å²) in [5.74, 6) is -0.166. The van der Waals surface area contributed by atoms with Crippen molar-refractivity contribution in [2.75, 3.05) is 6.54 Å². The molecule has 0 aliphatic carbocycles. The zero-order chi connectivity index (χ0) is 16.2. The summed E-state index contributed by atoms with van der Waals surface area (Å²) in [4.78, 5) is 30.4. The van der Waals surface area contributed by atoms with Gasteiger partial charge in [0.15, 0.2) is 0 Å². The lowest BCUT2D eigenvalue weighted by Gasteiger charge is -2.21. The summed E-state index contributed by atoms with van der Waals surface area (Å²) >= 11 is 1.60. The fourth-order valence-corrected chi connectivity index (χ4v) is 3.24. The number of rotatable bonds is 5. The molecule has 5 heteroatoms. The first kappa shape index (κ1) is 15.2. The number of aromatic amines is 1. The fourth-order valence-electron chi connectivity index (χ4n) is 2.52. The van der Waals surface area contributed by atoms with Gasteiger partial charge < -0.3 is 9.88 Å². The highest BCUT2D eigenvalue weighted by atomic mass is 32.1. The van der Waals surface area contributed by atoms with Crippen molar-refractivity contribution >= 4 is 28.1 Å². The number of para-hydroxylation sites is 1. The van der Waals surface area contributed by atoms with Crippen LogP contribution in [-0.4, -0.2) is 22.3 Å². The average Bonchev–Trinajstić information content (AvgIpc) is 3.06. The van der Waals surface area contributed by atoms with Gasteiger partial charge in [0, 0.05) is 28.4 Å². The third-order valence-corrected chi connectivity index (χ3v) is 4.41. The number of aromatic nitrogens is 1. The smallest absolute Gasteiger partial charge is 0.255 e. The summed E-state index contributed by atoms with van der Waals surface area (Å²) in [5, 5.41) is 2.73. The van der Waals surface area contributed by atoms with E-state index in [0.717, 1.165) is 10.3 Å². The Morgan fingerprint density at radius 2 is 2.09 bits per heavy atom. The monoisotopic (exact) mass is 324 g/mol. The Kier molecular flexibility index (Phi) is 4.39. The maximum absolute atomic E-state index is 13.0. The number of benzene rings is 1. The van der Waals surface area contributed by atoms with Gasteiger partial charge in [0.1, 0.15) is 0 Å². The Balaban J connectivity index is 2.03. The van der Waals surface area contributed by atoms with Gasteiger partial charge in [-0.3, -0.25) is 9.59 Å². The molecule has 4 nitrogen and oxygen atoms in total. The van der Waals surface area contributed by atoms with Crippen LogP contribution in [0.25, 0.3) is 10.9 Å². The summed E-state index contributed by atoms with van der Waals surface area (Å²) in [6, 6.07) is 12.6. The summed E-state index contributed by atoms with van der Waals surface area (Å²) in [6.07, 6.45) is 1.70. The normalized spacial score (nSPS) is 10.6. The minimum atomic E-state index is -0.276. The number of H-pyrrole nitrogens is 1. The summed E-state index contributed by atoms with van der Waals surface area (Å²) in [5.41, 5.74) is 0.808. The molecule has 0 atom stereocenters. The second kappa shape index (κ2) is 6.62. The van der Waals surface area contributed by atoms with Crippen molar-refractivity contribution in [3.63, 3.8) is 0 Å². The number of pyridine rings is 1. The molecule has 1 aromatic carbocycles. The Morgan fingerprint density at radius 3 is 2.83 bits per heavy atom. The highest BCUT2D eigenvalue weighted by Crippen LogP contribution is 2.19. The maximum Gasteiger partial charge on any atom is 0.255 e. The molecule has 0 spiro atoms. The van der Waals surface area contributed by atoms with Gasteiger partial charge >= 0.3 is 0 Å². The van der Waals surface area contributed by atoms with E-state index in [1.165, 1.54) is 6.07 Å². The molecule has 0 saturated heterocycles.